The predicted octanol–water partition coefficient (Wildman–Crippen LogP) is 4.05. The van der Waals surface area contributed by atoms with Gasteiger partial charge in [0.05, 0.1) is 0 Å². The quantitative estimate of drug-likeness (QED) is 0.839. The van der Waals surface area contributed by atoms with Gasteiger partial charge in [0.25, 0.3) is 0 Å². The standard InChI is InChI=1S/C14H21ClFN/c1-10(17-4)8-14(2,3)9-11-5-6-12(15)7-13(11)16/h5-7,10,17H,8-9H2,1-4H3. The second-order valence-corrected chi connectivity index (χ2v) is 5.91. The van der Waals surface area contributed by atoms with E-state index in [0.29, 0.717) is 11.1 Å². The highest BCUT2D eigenvalue weighted by molar-refractivity contribution is 6.30. The molecule has 3 heteroatoms. The first-order valence-electron chi connectivity index (χ1n) is 5.95. The van der Waals surface area contributed by atoms with Gasteiger partial charge in [0.2, 0.25) is 0 Å². The van der Waals surface area contributed by atoms with E-state index < -0.39 is 0 Å². The van der Waals surface area contributed by atoms with Gasteiger partial charge >= 0.3 is 0 Å². The van der Waals surface area contributed by atoms with Gasteiger partial charge < -0.3 is 5.32 Å². The van der Waals surface area contributed by atoms with Crippen LogP contribution in [0.15, 0.2) is 18.2 Å². The maximum Gasteiger partial charge on any atom is 0.127 e. The van der Waals surface area contributed by atoms with Gasteiger partial charge in [-0.2, -0.15) is 0 Å². The van der Waals surface area contributed by atoms with E-state index in [0.717, 1.165) is 18.4 Å². The fraction of sp³-hybridized carbons (Fsp3) is 0.571. The van der Waals surface area contributed by atoms with Crippen molar-refractivity contribution in [2.24, 2.45) is 5.41 Å². The van der Waals surface area contributed by atoms with E-state index in [4.69, 9.17) is 11.6 Å². The summed E-state index contributed by atoms with van der Waals surface area (Å²) >= 11 is 5.74. The second-order valence-electron chi connectivity index (χ2n) is 5.47. The highest BCUT2D eigenvalue weighted by atomic mass is 35.5. The smallest absolute Gasteiger partial charge is 0.127 e. The van der Waals surface area contributed by atoms with Crippen LogP contribution in [0.4, 0.5) is 4.39 Å². The van der Waals surface area contributed by atoms with Crippen molar-refractivity contribution < 1.29 is 4.39 Å². The predicted molar refractivity (Wildman–Crippen MR) is 72.0 cm³/mol. The Kier molecular flexibility index (Phi) is 4.96. The van der Waals surface area contributed by atoms with E-state index in [1.54, 1.807) is 12.1 Å². The summed E-state index contributed by atoms with van der Waals surface area (Å²) in [5.74, 6) is -0.206. The maximum absolute atomic E-state index is 13.7. The minimum atomic E-state index is -0.206. The van der Waals surface area contributed by atoms with Crippen molar-refractivity contribution in [3.8, 4) is 0 Å². The molecule has 0 saturated carbocycles. The summed E-state index contributed by atoms with van der Waals surface area (Å²) in [5, 5.41) is 3.67. The lowest BCUT2D eigenvalue weighted by atomic mass is 9.80. The molecule has 1 rings (SSSR count). The molecule has 0 spiro atoms. The van der Waals surface area contributed by atoms with Crippen molar-refractivity contribution in [2.45, 2.75) is 39.7 Å². The van der Waals surface area contributed by atoms with Gasteiger partial charge in [-0.05, 0) is 49.9 Å². The molecule has 0 aliphatic rings. The van der Waals surface area contributed by atoms with Crippen LogP contribution in [0.3, 0.4) is 0 Å². The number of benzene rings is 1. The molecule has 1 atom stereocenters. The molecule has 0 aromatic heterocycles. The van der Waals surface area contributed by atoms with Crippen LogP contribution in [0.1, 0.15) is 32.8 Å². The molecular formula is C14H21ClFN. The molecule has 0 fully saturated rings. The normalized spacial score (nSPS) is 13.8. The Balaban J connectivity index is 2.75. The molecule has 0 amide bonds. The van der Waals surface area contributed by atoms with Crippen LogP contribution in [0.5, 0.6) is 0 Å². The molecule has 0 aliphatic carbocycles. The lowest BCUT2D eigenvalue weighted by Gasteiger charge is -2.28. The van der Waals surface area contributed by atoms with E-state index >= 15 is 0 Å². The summed E-state index contributed by atoms with van der Waals surface area (Å²) in [5.41, 5.74) is 0.805. The molecule has 0 aliphatic heterocycles. The molecule has 1 aromatic carbocycles. The Morgan fingerprint density at radius 2 is 2.06 bits per heavy atom. The van der Waals surface area contributed by atoms with Gasteiger partial charge in [-0.15, -0.1) is 0 Å². The first-order chi connectivity index (χ1) is 7.84. The van der Waals surface area contributed by atoms with Crippen LogP contribution in [0, 0.1) is 11.2 Å². The van der Waals surface area contributed by atoms with Crippen molar-refractivity contribution in [2.75, 3.05) is 7.05 Å². The van der Waals surface area contributed by atoms with Crippen molar-refractivity contribution in [1.82, 2.24) is 5.32 Å². The number of hydrogen-bond donors (Lipinski definition) is 1. The number of hydrogen-bond acceptors (Lipinski definition) is 1. The Labute approximate surface area is 108 Å². The van der Waals surface area contributed by atoms with E-state index in [1.165, 1.54) is 6.07 Å². The Hall–Kier alpha value is -0.600. The fourth-order valence-corrected chi connectivity index (χ4v) is 2.34. The zero-order chi connectivity index (χ0) is 13.1. The van der Waals surface area contributed by atoms with Gasteiger partial charge in [-0.25, -0.2) is 4.39 Å². The third-order valence-electron chi connectivity index (χ3n) is 3.04. The van der Waals surface area contributed by atoms with Gasteiger partial charge in [0.1, 0.15) is 5.82 Å². The van der Waals surface area contributed by atoms with Gasteiger partial charge in [0.15, 0.2) is 0 Å². The monoisotopic (exact) mass is 257 g/mol. The van der Waals surface area contributed by atoms with Crippen LogP contribution >= 0.6 is 11.6 Å². The SMILES string of the molecule is CNC(C)CC(C)(C)Cc1ccc(Cl)cc1F. The molecule has 1 nitrogen and oxygen atoms in total. The minimum absolute atomic E-state index is 0.0666. The third kappa shape index (κ3) is 4.64. The zero-order valence-corrected chi connectivity index (χ0v) is 11.7. The summed E-state index contributed by atoms with van der Waals surface area (Å²) in [6.07, 6.45) is 1.73. The van der Waals surface area contributed by atoms with Crippen LogP contribution in [0.2, 0.25) is 5.02 Å². The van der Waals surface area contributed by atoms with E-state index in [1.807, 2.05) is 7.05 Å². The fourth-order valence-electron chi connectivity index (χ4n) is 2.18. The summed E-state index contributed by atoms with van der Waals surface area (Å²) in [7, 11) is 1.95. The van der Waals surface area contributed by atoms with Gasteiger partial charge in [0, 0.05) is 11.1 Å². The summed E-state index contributed by atoms with van der Waals surface area (Å²) in [4.78, 5) is 0. The topological polar surface area (TPSA) is 12.0 Å². The largest absolute Gasteiger partial charge is 0.317 e. The molecule has 96 valence electrons. The molecule has 1 unspecified atom stereocenters. The van der Waals surface area contributed by atoms with Crippen LogP contribution in [-0.2, 0) is 6.42 Å². The second kappa shape index (κ2) is 5.83. The van der Waals surface area contributed by atoms with Crippen molar-refractivity contribution in [3.63, 3.8) is 0 Å². The summed E-state index contributed by atoms with van der Waals surface area (Å²) in [6.45, 7) is 6.46. The summed E-state index contributed by atoms with van der Waals surface area (Å²) < 4.78 is 13.7. The molecule has 0 bridgehead atoms. The molecular weight excluding hydrogens is 237 g/mol. The Morgan fingerprint density at radius 3 is 2.59 bits per heavy atom. The highest BCUT2D eigenvalue weighted by Gasteiger charge is 2.22. The first-order valence-corrected chi connectivity index (χ1v) is 6.33. The molecule has 17 heavy (non-hydrogen) atoms. The van der Waals surface area contributed by atoms with Crippen LogP contribution in [0.25, 0.3) is 0 Å². The van der Waals surface area contributed by atoms with Crippen molar-refractivity contribution in [3.05, 3.63) is 34.6 Å². The van der Waals surface area contributed by atoms with E-state index in [9.17, 15) is 4.39 Å². The van der Waals surface area contributed by atoms with Gasteiger partial charge in [-0.3, -0.25) is 0 Å². The minimum Gasteiger partial charge on any atom is -0.317 e. The first kappa shape index (κ1) is 14.5. The lowest BCUT2D eigenvalue weighted by molar-refractivity contribution is 0.290. The molecule has 0 radical (unpaired) electrons. The molecule has 1 aromatic rings. The van der Waals surface area contributed by atoms with Gasteiger partial charge in [-0.1, -0.05) is 31.5 Å². The molecule has 0 saturated heterocycles. The molecule has 0 heterocycles. The van der Waals surface area contributed by atoms with Crippen molar-refractivity contribution >= 4 is 11.6 Å². The molecule has 1 N–H and O–H groups in total. The highest BCUT2D eigenvalue weighted by Crippen LogP contribution is 2.29. The average Bonchev–Trinajstić information content (AvgIpc) is 2.21. The van der Waals surface area contributed by atoms with E-state index in [-0.39, 0.29) is 11.2 Å². The lowest BCUT2D eigenvalue weighted by Crippen LogP contribution is -2.29. The van der Waals surface area contributed by atoms with Crippen LogP contribution in [-0.4, -0.2) is 13.1 Å². The zero-order valence-electron chi connectivity index (χ0n) is 11.0. The van der Waals surface area contributed by atoms with Crippen LogP contribution < -0.4 is 5.32 Å². The third-order valence-corrected chi connectivity index (χ3v) is 3.27. The number of halogens is 2. The number of rotatable bonds is 5. The number of nitrogens with one attached hydrogen (secondary N) is 1. The van der Waals surface area contributed by atoms with E-state index in [2.05, 4.69) is 26.1 Å². The van der Waals surface area contributed by atoms with Crippen molar-refractivity contribution in [1.29, 1.82) is 0 Å². The maximum atomic E-state index is 13.7. The Bertz CT molecular complexity index is 376. The summed E-state index contributed by atoms with van der Waals surface area (Å²) in [6, 6.07) is 5.34. The average molecular weight is 258 g/mol. The Morgan fingerprint density at radius 1 is 1.41 bits per heavy atom.